The molecule has 174 valence electrons. The van der Waals surface area contributed by atoms with E-state index in [4.69, 9.17) is 4.74 Å². The van der Waals surface area contributed by atoms with Gasteiger partial charge in [-0.2, -0.15) is 15.6 Å². The molecule has 1 fully saturated rings. The molecule has 1 aliphatic heterocycles. The highest BCUT2D eigenvalue weighted by molar-refractivity contribution is 7.89. The summed E-state index contributed by atoms with van der Waals surface area (Å²) in [4.78, 5) is 24.5. The number of ether oxygens (including phenoxy) is 1. The molecule has 1 aliphatic rings. The van der Waals surface area contributed by atoms with Crippen LogP contribution in [0.5, 0.6) is 5.75 Å². The van der Waals surface area contributed by atoms with Gasteiger partial charge in [0.1, 0.15) is 5.75 Å². The first-order valence-electron chi connectivity index (χ1n) is 10.8. The summed E-state index contributed by atoms with van der Waals surface area (Å²) in [5, 5.41) is 9.15. The van der Waals surface area contributed by atoms with Crippen LogP contribution in [0.15, 0.2) is 39.9 Å². The van der Waals surface area contributed by atoms with Crippen molar-refractivity contribution in [3.63, 3.8) is 0 Å². The number of carbonyl (C=O) groups is 2. The summed E-state index contributed by atoms with van der Waals surface area (Å²) in [5.74, 6) is -0.0200. The fourth-order valence-corrected chi connectivity index (χ4v) is 5.64. The van der Waals surface area contributed by atoms with Gasteiger partial charge in [0.05, 0.1) is 17.2 Å². The van der Waals surface area contributed by atoms with E-state index < -0.39 is 10.0 Å². The molecule has 2 N–H and O–H groups in total. The summed E-state index contributed by atoms with van der Waals surface area (Å²) in [7, 11) is -3.62. The molecule has 0 atom stereocenters. The lowest BCUT2D eigenvalue weighted by atomic mass is 10.2. The number of anilines is 1. The maximum Gasteiger partial charge on any atom is 0.252 e. The predicted molar refractivity (Wildman–Crippen MR) is 125 cm³/mol. The molecular formula is C22H29N3O5S2. The van der Waals surface area contributed by atoms with Crippen LogP contribution in [-0.4, -0.2) is 50.8 Å². The van der Waals surface area contributed by atoms with E-state index in [1.165, 1.54) is 27.8 Å². The summed E-state index contributed by atoms with van der Waals surface area (Å²) in [6.45, 7) is 3.59. The number of hydrogen-bond acceptors (Lipinski definition) is 6. The third kappa shape index (κ3) is 6.30. The Labute approximate surface area is 193 Å². The van der Waals surface area contributed by atoms with E-state index in [9.17, 15) is 18.0 Å². The van der Waals surface area contributed by atoms with Crippen LogP contribution < -0.4 is 15.4 Å². The molecule has 0 aliphatic carbocycles. The largest absolute Gasteiger partial charge is 0.492 e. The summed E-state index contributed by atoms with van der Waals surface area (Å²) in [6.07, 6.45) is 3.37. The molecule has 2 amide bonds. The van der Waals surface area contributed by atoms with Crippen molar-refractivity contribution in [3.8, 4) is 5.75 Å². The minimum absolute atomic E-state index is 0.140. The highest BCUT2D eigenvalue weighted by Crippen LogP contribution is 2.30. The van der Waals surface area contributed by atoms with Crippen molar-refractivity contribution in [2.24, 2.45) is 0 Å². The van der Waals surface area contributed by atoms with Gasteiger partial charge in [-0.05, 0) is 55.8 Å². The van der Waals surface area contributed by atoms with Crippen LogP contribution in [0.3, 0.4) is 0 Å². The Morgan fingerprint density at radius 2 is 1.94 bits per heavy atom. The molecule has 8 nitrogen and oxygen atoms in total. The molecule has 0 saturated carbocycles. The number of thiophene rings is 1. The Morgan fingerprint density at radius 3 is 2.62 bits per heavy atom. The van der Waals surface area contributed by atoms with Gasteiger partial charge in [-0.3, -0.25) is 9.59 Å². The second-order valence-electron chi connectivity index (χ2n) is 7.48. The number of amides is 2. The predicted octanol–water partition coefficient (Wildman–Crippen LogP) is 3.47. The van der Waals surface area contributed by atoms with Crippen molar-refractivity contribution < 1.29 is 22.7 Å². The lowest BCUT2D eigenvalue weighted by Gasteiger charge is -2.26. The van der Waals surface area contributed by atoms with Gasteiger partial charge in [-0.15, -0.1) is 0 Å². The molecule has 0 spiro atoms. The van der Waals surface area contributed by atoms with Crippen molar-refractivity contribution in [3.05, 3.63) is 40.6 Å². The quantitative estimate of drug-likeness (QED) is 0.508. The zero-order valence-corrected chi connectivity index (χ0v) is 19.8. The molecule has 0 bridgehead atoms. The molecule has 2 aromatic rings. The van der Waals surface area contributed by atoms with Crippen LogP contribution in [0.25, 0.3) is 0 Å². The fraction of sp³-hybridized carbons (Fsp3) is 0.455. The van der Waals surface area contributed by atoms with E-state index in [0.29, 0.717) is 49.7 Å². The molecule has 0 radical (unpaired) electrons. The van der Waals surface area contributed by atoms with E-state index in [1.54, 1.807) is 17.5 Å². The van der Waals surface area contributed by atoms with Crippen molar-refractivity contribution in [2.45, 2.75) is 43.9 Å². The Bertz CT molecular complexity index is 1020. The first-order valence-corrected chi connectivity index (χ1v) is 13.2. The first kappa shape index (κ1) is 24.2. The third-order valence-electron chi connectivity index (χ3n) is 5.13. The van der Waals surface area contributed by atoms with Gasteiger partial charge < -0.3 is 15.4 Å². The van der Waals surface area contributed by atoms with Crippen molar-refractivity contribution in [1.29, 1.82) is 0 Å². The van der Waals surface area contributed by atoms with Gasteiger partial charge in [0.25, 0.3) is 5.91 Å². The monoisotopic (exact) mass is 479 g/mol. The van der Waals surface area contributed by atoms with Gasteiger partial charge in [-0.25, -0.2) is 8.42 Å². The lowest BCUT2D eigenvalue weighted by molar-refractivity contribution is -0.116. The molecule has 1 aromatic heterocycles. The number of hydrogen-bond donors (Lipinski definition) is 2. The van der Waals surface area contributed by atoms with Gasteiger partial charge in [0.15, 0.2) is 0 Å². The van der Waals surface area contributed by atoms with Crippen LogP contribution in [-0.2, 0) is 14.8 Å². The van der Waals surface area contributed by atoms with Gasteiger partial charge >= 0.3 is 0 Å². The first-order chi connectivity index (χ1) is 15.4. The lowest BCUT2D eigenvalue weighted by Crippen LogP contribution is -2.35. The maximum atomic E-state index is 13.0. The Balaban J connectivity index is 1.61. The molecule has 3 rings (SSSR count). The van der Waals surface area contributed by atoms with Gasteiger partial charge in [0, 0.05) is 37.0 Å². The fourth-order valence-electron chi connectivity index (χ4n) is 3.46. The molecule has 1 aromatic carbocycles. The molecule has 2 heterocycles. The van der Waals surface area contributed by atoms with Crippen LogP contribution in [0.2, 0.25) is 0 Å². The zero-order valence-electron chi connectivity index (χ0n) is 18.1. The second-order valence-corrected chi connectivity index (χ2v) is 10.2. The molecule has 0 unspecified atom stereocenters. The minimum Gasteiger partial charge on any atom is -0.492 e. The Morgan fingerprint density at radius 1 is 1.16 bits per heavy atom. The van der Waals surface area contributed by atoms with E-state index >= 15 is 0 Å². The number of sulfonamides is 1. The van der Waals surface area contributed by atoms with Gasteiger partial charge in [-0.1, -0.05) is 6.42 Å². The Hall–Kier alpha value is -2.43. The number of nitrogens with zero attached hydrogens (tertiary/aromatic N) is 1. The Kier molecular flexibility index (Phi) is 8.66. The summed E-state index contributed by atoms with van der Waals surface area (Å²) >= 11 is 1.45. The van der Waals surface area contributed by atoms with Crippen molar-refractivity contribution >= 4 is 38.9 Å². The van der Waals surface area contributed by atoms with E-state index in [2.05, 4.69) is 10.6 Å². The van der Waals surface area contributed by atoms with Crippen molar-refractivity contribution in [1.82, 2.24) is 9.62 Å². The van der Waals surface area contributed by atoms with Gasteiger partial charge in [0.2, 0.25) is 15.9 Å². The maximum absolute atomic E-state index is 13.0. The SMILES string of the molecule is CCOc1ccc(S(=O)(=O)N2CCCCC2)cc1NC(=O)CCCNC(=O)c1ccsc1. The number of benzene rings is 1. The third-order valence-corrected chi connectivity index (χ3v) is 7.71. The molecule has 10 heteroatoms. The minimum atomic E-state index is -3.62. The van der Waals surface area contributed by atoms with Crippen LogP contribution >= 0.6 is 11.3 Å². The van der Waals surface area contributed by atoms with E-state index in [1.807, 2.05) is 12.3 Å². The van der Waals surface area contributed by atoms with Crippen LogP contribution in [0.4, 0.5) is 5.69 Å². The molecule has 1 saturated heterocycles. The summed E-state index contributed by atoms with van der Waals surface area (Å²) in [6, 6.07) is 6.31. The average Bonchev–Trinajstić information content (AvgIpc) is 3.33. The number of piperidine rings is 1. The number of rotatable bonds is 10. The normalized spacial score (nSPS) is 14.7. The second kappa shape index (κ2) is 11.4. The number of carbonyl (C=O) groups excluding carboxylic acids is 2. The highest BCUT2D eigenvalue weighted by atomic mass is 32.2. The standard InChI is InChI=1S/C22H29N3O5S2/c1-2-30-20-9-8-18(32(28,29)25-12-4-3-5-13-25)15-19(20)24-21(26)7-6-11-23-22(27)17-10-14-31-16-17/h8-10,14-16H,2-7,11-13H2,1H3,(H,23,27)(H,24,26). The summed E-state index contributed by atoms with van der Waals surface area (Å²) in [5.41, 5.74) is 0.935. The smallest absolute Gasteiger partial charge is 0.252 e. The summed E-state index contributed by atoms with van der Waals surface area (Å²) < 4.78 is 33.1. The topological polar surface area (TPSA) is 105 Å². The van der Waals surface area contributed by atoms with Crippen molar-refractivity contribution in [2.75, 3.05) is 31.6 Å². The van der Waals surface area contributed by atoms with Crippen LogP contribution in [0, 0.1) is 0 Å². The highest BCUT2D eigenvalue weighted by Gasteiger charge is 2.27. The van der Waals surface area contributed by atoms with E-state index in [-0.39, 0.29) is 23.1 Å². The number of nitrogens with one attached hydrogen (secondary N) is 2. The molecular weight excluding hydrogens is 450 g/mol. The van der Waals surface area contributed by atoms with Crippen LogP contribution in [0.1, 0.15) is 49.4 Å². The average molecular weight is 480 g/mol. The molecule has 32 heavy (non-hydrogen) atoms. The van der Waals surface area contributed by atoms with E-state index in [0.717, 1.165) is 19.3 Å². The zero-order chi connectivity index (χ0) is 23.0.